The third kappa shape index (κ3) is 6.11. The van der Waals surface area contributed by atoms with E-state index in [1.165, 1.54) is 35.8 Å². The first-order chi connectivity index (χ1) is 16.2. The molecule has 1 N–H and O–H groups in total. The number of aromatic nitrogens is 3. The average molecular weight is 517 g/mol. The van der Waals surface area contributed by atoms with E-state index in [2.05, 4.69) is 53.3 Å². The van der Waals surface area contributed by atoms with E-state index >= 15 is 0 Å². The summed E-state index contributed by atoms with van der Waals surface area (Å²) in [4.78, 5) is 27.3. The van der Waals surface area contributed by atoms with Gasteiger partial charge in [0.15, 0.2) is 5.16 Å². The highest BCUT2D eigenvalue weighted by atomic mass is 32.2. The standard InChI is InChI=1S/C24H28N4O3S3/c1-7-12-28-19(13-32-18-10-8-14(2)9-11-18)26-27-24(28)34-17(5)21(29)25-22-20(23(30)31-6)15(3)16(4)33-22/h7-11,17H,1,12-13H2,2-6H3,(H,25,29). The van der Waals surface area contributed by atoms with Crippen LogP contribution < -0.4 is 5.32 Å². The van der Waals surface area contributed by atoms with Crippen LogP contribution in [-0.2, 0) is 21.8 Å². The fourth-order valence-corrected chi connectivity index (χ4v) is 5.86. The number of ether oxygens (including phenoxy) is 1. The van der Waals surface area contributed by atoms with Crippen LogP contribution in [0.2, 0.25) is 0 Å². The minimum Gasteiger partial charge on any atom is -0.465 e. The van der Waals surface area contributed by atoms with E-state index in [-0.39, 0.29) is 5.91 Å². The minimum atomic E-state index is -0.460. The smallest absolute Gasteiger partial charge is 0.341 e. The Labute approximate surface area is 212 Å². The van der Waals surface area contributed by atoms with Crippen molar-refractivity contribution in [2.45, 2.75) is 55.3 Å². The second-order valence-corrected chi connectivity index (χ2v) is 11.2. The molecule has 0 aliphatic heterocycles. The van der Waals surface area contributed by atoms with Crippen LogP contribution in [0.5, 0.6) is 0 Å². The highest BCUT2D eigenvalue weighted by molar-refractivity contribution is 8.00. The Hall–Kier alpha value is -2.56. The van der Waals surface area contributed by atoms with Gasteiger partial charge >= 0.3 is 5.97 Å². The lowest BCUT2D eigenvalue weighted by molar-refractivity contribution is -0.115. The van der Waals surface area contributed by atoms with Crippen LogP contribution in [-0.4, -0.2) is 39.0 Å². The molecular weight excluding hydrogens is 488 g/mol. The van der Waals surface area contributed by atoms with E-state index in [9.17, 15) is 9.59 Å². The van der Waals surface area contributed by atoms with Gasteiger partial charge in [-0.2, -0.15) is 0 Å². The third-order valence-corrected chi connectivity index (χ3v) is 8.37. The molecule has 0 aliphatic carbocycles. The highest BCUT2D eigenvalue weighted by Crippen LogP contribution is 2.34. The maximum atomic E-state index is 13.0. The number of esters is 1. The largest absolute Gasteiger partial charge is 0.465 e. The van der Waals surface area contributed by atoms with Crippen LogP contribution in [0, 0.1) is 20.8 Å². The predicted molar refractivity (Wildman–Crippen MR) is 140 cm³/mol. The molecule has 7 nitrogen and oxygen atoms in total. The van der Waals surface area contributed by atoms with E-state index in [0.29, 0.717) is 28.0 Å². The fourth-order valence-electron chi connectivity index (χ4n) is 3.10. The number of amides is 1. The molecule has 2 heterocycles. The first-order valence-electron chi connectivity index (χ1n) is 10.6. The molecule has 0 saturated heterocycles. The quantitative estimate of drug-likeness (QED) is 0.212. The van der Waals surface area contributed by atoms with Gasteiger partial charge in [-0.3, -0.25) is 4.79 Å². The number of allylic oxidation sites excluding steroid dienone is 1. The SMILES string of the molecule is C=CCn1c(CSc2ccc(C)cc2)nnc1SC(C)C(=O)Nc1sc(C)c(C)c1C(=O)OC. The number of methoxy groups -OCH3 is 1. The van der Waals surface area contributed by atoms with Gasteiger partial charge in [0.25, 0.3) is 0 Å². The van der Waals surface area contributed by atoms with Gasteiger partial charge in [0.05, 0.1) is 23.7 Å². The van der Waals surface area contributed by atoms with Crippen molar-refractivity contribution in [2.75, 3.05) is 12.4 Å². The normalized spacial score (nSPS) is 11.8. The fraction of sp³-hybridized carbons (Fsp3) is 0.333. The van der Waals surface area contributed by atoms with Crippen molar-refractivity contribution in [1.29, 1.82) is 0 Å². The number of thiophene rings is 1. The topological polar surface area (TPSA) is 86.1 Å². The lowest BCUT2D eigenvalue weighted by atomic mass is 10.1. The summed E-state index contributed by atoms with van der Waals surface area (Å²) in [6.45, 7) is 12.0. The molecule has 2 aromatic heterocycles. The monoisotopic (exact) mass is 516 g/mol. The number of aryl methyl sites for hydroxylation is 2. The summed E-state index contributed by atoms with van der Waals surface area (Å²) in [5, 5.41) is 12.3. The summed E-state index contributed by atoms with van der Waals surface area (Å²) in [5.74, 6) is 0.790. The maximum absolute atomic E-state index is 13.0. The molecule has 0 aliphatic rings. The van der Waals surface area contributed by atoms with Crippen molar-refractivity contribution >= 4 is 51.7 Å². The van der Waals surface area contributed by atoms with Gasteiger partial charge < -0.3 is 14.6 Å². The first kappa shape index (κ1) is 26.1. The summed E-state index contributed by atoms with van der Waals surface area (Å²) < 4.78 is 6.87. The van der Waals surface area contributed by atoms with Gasteiger partial charge in [0.2, 0.25) is 5.91 Å². The molecule has 3 aromatic rings. The molecule has 1 amide bonds. The number of nitrogens with one attached hydrogen (secondary N) is 1. The van der Waals surface area contributed by atoms with E-state index in [4.69, 9.17) is 4.74 Å². The number of carbonyl (C=O) groups excluding carboxylic acids is 2. The molecule has 1 unspecified atom stereocenters. The lowest BCUT2D eigenvalue weighted by Crippen LogP contribution is -2.23. The van der Waals surface area contributed by atoms with Crippen LogP contribution in [0.4, 0.5) is 5.00 Å². The van der Waals surface area contributed by atoms with Crippen LogP contribution in [0.15, 0.2) is 47.0 Å². The van der Waals surface area contributed by atoms with Crippen LogP contribution in [0.3, 0.4) is 0 Å². The molecular formula is C24H28N4O3S3. The second kappa shape index (κ2) is 11.7. The molecule has 34 heavy (non-hydrogen) atoms. The lowest BCUT2D eigenvalue weighted by Gasteiger charge is -2.13. The Bertz CT molecular complexity index is 1190. The molecule has 0 radical (unpaired) electrons. The van der Waals surface area contributed by atoms with Gasteiger partial charge in [-0.15, -0.1) is 39.9 Å². The van der Waals surface area contributed by atoms with Gasteiger partial charge in [-0.1, -0.05) is 35.5 Å². The zero-order chi connectivity index (χ0) is 24.8. The number of benzene rings is 1. The van der Waals surface area contributed by atoms with Crippen molar-refractivity contribution in [3.63, 3.8) is 0 Å². The summed E-state index contributed by atoms with van der Waals surface area (Å²) in [7, 11) is 1.33. The highest BCUT2D eigenvalue weighted by Gasteiger charge is 2.25. The minimum absolute atomic E-state index is 0.222. The molecule has 0 saturated carbocycles. The number of thioether (sulfide) groups is 2. The second-order valence-electron chi connectivity index (χ2n) is 7.63. The van der Waals surface area contributed by atoms with E-state index in [1.54, 1.807) is 24.8 Å². The molecule has 180 valence electrons. The Morgan fingerprint density at radius 1 is 1.24 bits per heavy atom. The summed E-state index contributed by atoms with van der Waals surface area (Å²) in [6, 6.07) is 8.35. The zero-order valence-corrected chi connectivity index (χ0v) is 22.3. The zero-order valence-electron chi connectivity index (χ0n) is 19.9. The van der Waals surface area contributed by atoms with Gasteiger partial charge in [-0.05, 0) is 45.4 Å². The Kier molecular flexibility index (Phi) is 8.98. The van der Waals surface area contributed by atoms with Crippen LogP contribution >= 0.6 is 34.9 Å². The van der Waals surface area contributed by atoms with E-state index in [0.717, 1.165) is 21.2 Å². The summed E-state index contributed by atoms with van der Waals surface area (Å²) in [5.41, 5.74) is 2.44. The number of carbonyl (C=O) groups is 2. The van der Waals surface area contributed by atoms with Gasteiger partial charge in [-0.25, -0.2) is 4.79 Å². The van der Waals surface area contributed by atoms with Crippen molar-refractivity contribution in [3.8, 4) is 0 Å². The molecule has 0 bridgehead atoms. The molecule has 3 rings (SSSR count). The number of rotatable bonds is 10. The number of anilines is 1. The van der Waals surface area contributed by atoms with E-state index in [1.807, 2.05) is 18.4 Å². The predicted octanol–water partition coefficient (Wildman–Crippen LogP) is 5.65. The van der Waals surface area contributed by atoms with Gasteiger partial charge in [0.1, 0.15) is 10.8 Å². The van der Waals surface area contributed by atoms with Crippen LogP contribution in [0.25, 0.3) is 0 Å². The van der Waals surface area contributed by atoms with Crippen molar-refractivity contribution < 1.29 is 14.3 Å². The molecule has 0 spiro atoms. The maximum Gasteiger partial charge on any atom is 0.341 e. The molecule has 10 heteroatoms. The van der Waals surface area contributed by atoms with Crippen molar-refractivity contribution in [1.82, 2.24) is 14.8 Å². The Morgan fingerprint density at radius 2 is 1.94 bits per heavy atom. The number of nitrogens with zero attached hydrogens (tertiary/aromatic N) is 3. The van der Waals surface area contributed by atoms with Crippen LogP contribution in [0.1, 0.15) is 39.1 Å². The molecule has 1 atom stereocenters. The Balaban J connectivity index is 1.71. The van der Waals surface area contributed by atoms with Crippen molar-refractivity contribution in [3.05, 3.63) is 64.3 Å². The van der Waals surface area contributed by atoms with Gasteiger partial charge in [0, 0.05) is 16.3 Å². The average Bonchev–Trinajstić information content (AvgIpc) is 3.32. The van der Waals surface area contributed by atoms with Crippen molar-refractivity contribution in [2.24, 2.45) is 0 Å². The Morgan fingerprint density at radius 3 is 2.59 bits per heavy atom. The summed E-state index contributed by atoms with van der Waals surface area (Å²) >= 11 is 4.37. The van der Waals surface area contributed by atoms with E-state index < -0.39 is 11.2 Å². The third-order valence-electron chi connectivity index (χ3n) is 5.16. The number of hydrogen-bond donors (Lipinski definition) is 1. The summed E-state index contributed by atoms with van der Waals surface area (Å²) in [6.07, 6.45) is 1.79. The number of hydrogen-bond acceptors (Lipinski definition) is 8. The molecule has 0 fully saturated rings. The first-order valence-corrected chi connectivity index (χ1v) is 13.3. The molecule has 1 aromatic carbocycles.